The van der Waals surface area contributed by atoms with Crippen LogP contribution < -0.4 is 4.72 Å². The maximum atomic E-state index is 12.7. The van der Waals surface area contributed by atoms with E-state index in [0.29, 0.717) is 27.8 Å². The van der Waals surface area contributed by atoms with E-state index in [0.717, 1.165) is 11.7 Å². The highest BCUT2D eigenvalue weighted by molar-refractivity contribution is 7.93. The zero-order valence-electron chi connectivity index (χ0n) is 14.1. The Labute approximate surface area is 164 Å². The first kappa shape index (κ1) is 18.0. The van der Waals surface area contributed by atoms with E-state index in [4.69, 9.17) is 0 Å². The number of para-hydroxylation sites is 1. The highest BCUT2D eigenvalue weighted by Crippen LogP contribution is 2.31. The molecule has 4 rings (SSSR count). The minimum atomic E-state index is -3.86. The summed E-state index contributed by atoms with van der Waals surface area (Å²) in [5.74, 6) is 0. The molecule has 0 aliphatic carbocycles. The smallest absolute Gasteiger partial charge is 0.277 e. The van der Waals surface area contributed by atoms with Crippen LogP contribution in [0.1, 0.15) is 0 Å². The fraction of sp³-hybridized carbons (Fsp3) is 0. The van der Waals surface area contributed by atoms with Crippen molar-refractivity contribution in [3.8, 4) is 11.1 Å². The van der Waals surface area contributed by atoms with E-state index in [9.17, 15) is 18.5 Å². The quantitative estimate of drug-likeness (QED) is 0.390. The second-order valence-corrected chi connectivity index (χ2v) is 8.02. The van der Waals surface area contributed by atoms with Crippen molar-refractivity contribution in [3.63, 3.8) is 0 Å². The van der Waals surface area contributed by atoms with Gasteiger partial charge in [-0.3, -0.25) is 14.8 Å². The van der Waals surface area contributed by atoms with Gasteiger partial charge in [0.2, 0.25) is 0 Å². The summed E-state index contributed by atoms with van der Waals surface area (Å²) >= 11 is 0.945. The third-order valence-electron chi connectivity index (χ3n) is 4.09. The van der Waals surface area contributed by atoms with Gasteiger partial charge in [-0.15, -0.1) is 0 Å². The minimum absolute atomic E-state index is 0.0152. The fourth-order valence-electron chi connectivity index (χ4n) is 2.80. The van der Waals surface area contributed by atoms with Crippen molar-refractivity contribution in [2.24, 2.45) is 0 Å². The lowest BCUT2D eigenvalue weighted by atomic mass is 10.0. The number of rotatable bonds is 5. The molecule has 4 aromatic rings. The Morgan fingerprint density at radius 2 is 1.68 bits per heavy atom. The second-order valence-electron chi connectivity index (χ2n) is 5.85. The first-order chi connectivity index (χ1) is 13.5. The van der Waals surface area contributed by atoms with Gasteiger partial charge in [-0.2, -0.15) is 8.75 Å². The molecule has 0 bridgehead atoms. The fourth-order valence-corrected chi connectivity index (χ4v) is 4.63. The van der Waals surface area contributed by atoms with Gasteiger partial charge in [0.1, 0.15) is 15.9 Å². The summed E-state index contributed by atoms with van der Waals surface area (Å²) in [5, 5.41) is 11.2. The topological polar surface area (TPSA) is 115 Å². The molecule has 0 saturated heterocycles. The van der Waals surface area contributed by atoms with Crippen molar-refractivity contribution in [1.82, 2.24) is 8.75 Å². The molecule has 0 amide bonds. The van der Waals surface area contributed by atoms with Crippen molar-refractivity contribution in [2.45, 2.75) is 4.90 Å². The molecular formula is C18H12N4O4S2. The number of hydrogen-bond donors (Lipinski definition) is 1. The van der Waals surface area contributed by atoms with Crippen molar-refractivity contribution in [2.75, 3.05) is 4.72 Å². The zero-order chi connectivity index (χ0) is 19.7. The lowest BCUT2D eigenvalue weighted by Gasteiger charge is -2.09. The Morgan fingerprint density at radius 1 is 0.929 bits per heavy atom. The van der Waals surface area contributed by atoms with Crippen LogP contribution in [-0.2, 0) is 10.0 Å². The lowest BCUT2D eigenvalue weighted by Crippen LogP contribution is -2.13. The number of benzene rings is 3. The normalized spacial score (nSPS) is 11.4. The molecule has 0 saturated carbocycles. The van der Waals surface area contributed by atoms with Gasteiger partial charge < -0.3 is 0 Å². The number of nitrogens with zero attached hydrogens (tertiary/aromatic N) is 3. The zero-order valence-corrected chi connectivity index (χ0v) is 15.8. The predicted octanol–water partition coefficient (Wildman–Crippen LogP) is 4.07. The van der Waals surface area contributed by atoms with Crippen molar-refractivity contribution >= 4 is 44.2 Å². The summed E-state index contributed by atoms with van der Waals surface area (Å²) in [5.41, 5.74) is 2.22. The SMILES string of the molecule is O=[N+]([O-])c1ccccc1-c1ccc(NS(=O)(=O)c2cccc3nsnc23)cc1. The third-order valence-corrected chi connectivity index (χ3v) is 6.04. The number of anilines is 1. The van der Waals surface area contributed by atoms with Crippen LogP contribution in [-0.4, -0.2) is 22.1 Å². The predicted molar refractivity (Wildman–Crippen MR) is 107 cm³/mol. The molecule has 0 radical (unpaired) electrons. The molecule has 10 heteroatoms. The monoisotopic (exact) mass is 412 g/mol. The molecule has 3 aromatic carbocycles. The van der Waals surface area contributed by atoms with Gasteiger partial charge in [-0.05, 0) is 35.9 Å². The van der Waals surface area contributed by atoms with Crippen LogP contribution in [0.5, 0.6) is 0 Å². The standard InChI is InChI=1S/C18H12N4O4S2/c23-22(24)16-6-2-1-4-14(16)12-8-10-13(11-9-12)21-28(25,26)17-7-3-5-15-18(17)20-27-19-15/h1-11,21H. The summed E-state index contributed by atoms with van der Waals surface area (Å²) in [6.45, 7) is 0. The number of nitro groups is 1. The van der Waals surface area contributed by atoms with Crippen LogP contribution in [0.25, 0.3) is 22.2 Å². The average Bonchev–Trinajstić information content (AvgIpc) is 3.17. The molecule has 8 nitrogen and oxygen atoms in total. The lowest BCUT2D eigenvalue weighted by molar-refractivity contribution is -0.384. The molecule has 0 spiro atoms. The Morgan fingerprint density at radius 3 is 2.43 bits per heavy atom. The molecule has 0 aliphatic heterocycles. The minimum Gasteiger partial charge on any atom is -0.280 e. The first-order valence-corrected chi connectivity index (χ1v) is 10.2. The number of hydrogen-bond acceptors (Lipinski definition) is 7. The third kappa shape index (κ3) is 3.30. The molecule has 1 aromatic heterocycles. The molecule has 0 fully saturated rings. The van der Waals surface area contributed by atoms with Crippen LogP contribution in [0.2, 0.25) is 0 Å². The second kappa shape index (κ2) is 6.98. The summed E-state index contributed by atoms with van der Waals surface area (Å²) in [7, 11) is -3.86. The number of nitrogens with one attached hydrogen (secondary N) is 1. The largest absolute Gasteiger partial charge is 0.280 e. The van der Waals surface area contributed by atoms with Gasteiger partial charge in [0.15, 0.2) is 0 Å². The van der Waals surface area contributed by atoms with E-state index in [1.807, 2.05) is 0 Å². The average molecular weight is 412 g/mol. The Balaban J connectivity index is 1.65. The number of nitro benzene ring substituents is 1. The van der Waals surface area contributed by atoms with Crippen molar-refractivity contribution < 1.29 is 13.3 Å². The van der Waals surface area contributed by atoms with Gasteiger partial charge in [0, 0.05) is 11.8 Å². The Kier molecular flexibility index (Phi) is 4.49. The highest BCUT2D eigenvalue weighted by Gasteiger charge is 2.20. The van der Waals surface area contributed by atoms with E-state index in [1.54, 1.807) is 54.6 Å². The van der Waals surface area contributed by atoms with Crippen LogP contribution in [0.15, 0.2) is 71.6 Å². The molecule has 0 unspecified atom stereocenters. The summed E-state index contributed by atoms with van der Waals surface area (Å²) < 4.78 is 36.1. The van der Waals surface area contributed by atoms with E-state index in [1.165, 1.54) is 12.1 Å². The van der Waals surface area contributed by atoms with Gasteiger partial charge in [0.25, 0.3) is 15.7 Å². The number of sulfonamides is 1. The molecule has 1 N–H and O–H groups in total. The van der Waals surface area contributed by atoms with Crippen LogP contribution >= 0.6 is 11.7 Å². The number of aromatic nitrogens is 2. The first-order valence-electron chi connectivity index (χ1n) is 8.04. The van der Waals surface area contributed by atoms with E-state index in [2.05, 4.69) is 13.5 Å². The Hall–Kier alpha value is -3.37. The van der Waals surface area contributed by atoms with Gasteiger partial charge in [-0.25, -0.2) is 8.42 Å². The summed E-state index contributed by atoms with van der Waals surface area (Å²) in [6, 6.07) is 17.5. The van der Waals surface area contributed by atoms with Crippen molar-refractivity contribution in [1.29, 1.82) is 0 Å². The molecule has 0 aliphatic rings. The van der Waals surface area contributed by atoms with E-state index in [-0.39, 0.29) is 10.6 Å². The molecule has 1 heterocycles. The summed E-state index contributed by atoms with van der Waals surface area (Å²) in [6.07, 6.45) is 0. The van der Waals surface area contributed by atoms with Gasteiger partial charge in [0.05, 0.1) is 22.2 Å². The van der Waals surface area contributed by atoms with Crippen LogP contribution in [0.3, 0.4) is 0 Å². The molecular weight excluding hydrogens is 400 g/mol. The van der Waals surface area contributed by atoms with E-state index < -0.39 is 14.9 Å². The molecule has 28 heavy (non-hydrogen) atoms. The van der Waals surface area contributed by atoms with Gasteiger partial charge in [-0.1, -0.05) is 30.3 Å². The summed E-state index contributed by atoms with van der Waals surface area (Å²) in [4.78, 5) is 10.8. The van der Waals surface area contributed by atoms with E-state index >= 15 is 0 Å². The van der Waals surface area contributed by atoms with Crippen LogP contribution in [0.4, 0.5) is 11.4 Å². The van der Waals surface area contributed by atoms with Crippen LogP contribution in [0, 0.1) is 10.1 Å². The number of fused-ring (bicyclic) bond motifs is 1. The Bertz CT molecular complexity index is 1280. The van der Waals surface area contributed by atoms with Crippen molar-refractivity contribution in [3.05, 3.63) is 76.8 Å². The molecule has 140 valence electrons. The maximum absolute atomic E-state index is 12.7. The molecule has 0 atom stereocenters. The highest BCUT2D eigenvalue weighted by atomic mass is 32.2. The van der Waals surface area contributed by atoms with Gasteiger partial charge >= 0.3 is 0 Å². The maximum Gasteiger partial charge on any atom is 0.277 e.